The molecule has 0 unspecified atom stereocenters. The van der Waals surface area contributed by atoms with Crippen LogP contribution in [0.1, 0.15) is 40.9 Å². The molecule has 0 bridgehead atoms. The maximum atomic E-state index is 14.2. The van der Waals surface area contributed by atoms with E-state index in [-0.39, 0.29) is 45.2 Å². The summed E-state index contributed by atoms with van der Waals surface area (Å²) in [5.41, 5.74) is -1.11. The number of hydrogen-bond acceptors (Lipinski definition) is 9. The number of nitrogens with one attached hydrogen (secondary N) is 2. The van der Waals surface area contributed by atoms with Gasteiger partial charge in [0.1, 0.15) is 17.1 Å². The number of nitrogens with zero attached hydrogens (tertiary/aromatic N) is 8. The van der Waals surface area contributed by atoms with E-state index < -0.39 is 23.2 Å². The first-order valence-electron chi connectivity index (χ1n) is 12.6. The molecule has 0 radical (unpaired) electrons. The molecule has 214 valence electrons. The monoisotopic (exact) mass is 576 g/mol. The van der Waals surface area contributed by atoms with Crippen LogP contribution in [0.4, 0.5) is 30.6 Å². The minimum atomic E-state index is -4.71. The second-order valence-electron chi connectivity index (χ2n) is 10.2. The lowest BCUT2D eigenvalue weighted by Crippen LogP contribution is -2.36. The van der Waals surface area contributed by atoms with Gasteiger partial charge in [0.15, 0.2) is 28.5 Å². The van der Waals surface area contributed by atoms with E-state index in [0.717, 1.165) is 6.07 Å². The molecule has 6 rings (SSSR count). The minimum absolute atomic E-state index is 0.00682. The first-order valence-corrected chi connectivity index (χ1v) is 12.6. The Bertz CT molecular complexity index is 1970. The number of benzene rings is 1. The van der Waals surface area contributed by atoms with Crippen molar-refractivity contribution in [3.8, 4) is 17.6 Å². The molecule has 12 nitrogen and oxygen atoms in total. The van der Waals surface area contributed by atoms with Gasteiger partial charge in [-0.15, -0.1) is 0 Å². The van der Waals surface area contributed by atoms with E-state index in [1.807, 2.05) is 0 Å². The van der Waals surface area contributed by atoms with Crippen LogP contribution in [-0.2, 0) is 18.8 Å². The summed E-state index contributed by atoms with van der Waals surface area (Å²) < 4.78 is 51.7. The Morgan fingerprint density at radius 3 is 2.55 bits per heavy atom. The molecule has 15 heteroatoms. The zero-order chi connectivity index (χ0) is 30.1. The number of fused-ring (bicyclic) bond motifs is 3. The fourth-order valence-electron chi connectivity index (χ4n) is 5.24. The Hall–Kier alpha value is -5.39. The molecular formula is C27H23F3N10O2. The Kier molecular flexibility index (Phi) is 5.78. The van der Waals surface area contributed by atoms with E-state index in [9.17, 15) is 23.2 Å². The van der Waals surface area contributed by atoms with Gasteiger partial charge < -0.3 is 24.8 Å². The van der Waals surface area contributed by atoms with Crippen LogP contribution in [-0.4, -0.2) is 54.0 Å². The van der Waals surface area contributed by atoms with Crippen LogP contribution in [0, 0.1) is 11.3 Å². The van der Waals surface area contributed by atoms with Gasteiger partial charge >= 0.3 is 6.18 Å². The third kappa shape index (κ3) is 3.86. The molecule has 1 aromatic carbocycles. The van der Waals surface area contributed by atoms with E-state index >= 15 is 0 Å². The summed E-state index contributed by atoms with van der Waals surface area (Å²) >= 11 is 0. The smallest absolute Gasteiger partial charge is 0.416 e. The number of carbonyl (C=O) groups excluding carboxylic acids is 1. The van der Waals surface area contributed by atoms with Crippen molar-refractivity contribution < 1.29 is 22.7 Å². The molecule has 5 aromatic rings. The Balaban J connectivity index is 1.43. The lowest BCUT2D eigenvalue weighted by atomic mass is 9.88. The van der Waals surface area contributed by atoms with Gasteiger partial charge in [-0.3, -0.25) is 4.79 Å². The topological polar surface area (TPSA) is 138 Å². The highest BCUT2D eigenvalue weighted by Crippen LogP contribution is 2.47. The molecule has 1 aliphatic rings. The predicted molar refractivity (Wildman–Crippen MR) is 146 cm³/mol. The number of amides is 1. The largest absolute Gasteiger partial charge is 0.450 e. The zero-order valence-electron chi connectivity index (χ0n) is 23.0. The van der Waals surface area contributed by atoms with Crippen LogP contribution >= 0.6 is 0 Å². The fraction of sp³-hybridized carbons (Fsp3) is 0.259. The molecule has 42 heavy (non-hydrogen) atoms. The second kappa shape index (κ2) is 9.06. The van der Waals surface area contributed by atoms with Crippen molar-refractivity contribution >= 4 is 40.0 Å². The van der Waals surface area contributed by atoms with Crippen molar-refractivity contribution in [2.45, 2.75) is 25.6 Å². The number of imidazole rings is 1. The van der Waals surface area contributed by atoms with Crippen LogP contribution in [0.15, 0.2) is 36.9 Å². The first-order chi connectivity index (χ1) is 19.9. The maximum absolute atomic E-state index is 14.2. The lowest BCUT2D eigenvalue weighted by molar-refractivity contribution is -0.139. The normalized spacial score (nSPS) is 14.4. The van der Waals surface area contributed by atoms with Crippen LogP contribution in [0.3, 0.4) is 0 Å². The highest BCUT2D eigenvalue weighted by Gasteiger charge is 2.48. The zero-order valence-corrected chi connectivity index (χ0v) is 23.0. The van der Waals surface area contributed by atoms with Gasteiger partial charge in [0, 0.05) is 50.4 Å². The molecule has 5 heterocycles. The molecule has 1 aliphatic heterocycles. The van der Waals surface area contributed by atoms with Crippen molar-refractivity contribution in [2.24, 2.45) is 7.05 Å². The van der Waals surface area contributed by atoms with Crippen LogP contribution in [0.25, 0.3) is 16.7 Å². The van der Waals surface area contributed by atoms with Crippen molar-refractivity contribution in [1.29, 1.82) is 5.26 Å². The maximum Gasteiger partial charge on any atom is 0.416 e. The van der Waals surface area contributed by atoms with Crippen molar-refractivity contribution in [1.82, 2.24) is 34.0 Å². The highest BCUT2D eigenvalue weighted by molar-refractivity contribution is 6.01. The number of ether oxygens (including phenoxy) is 1. The second-order valence-corrected chi connectivity index (χ2v) is 10.2. The van der Waals surface area contributed by atoms with Gasteiger partial charge in [-0.2, -0.15) is 28.5 Å². The molecule has 0 spiro atoms. The Morgan fingerprint density at radius 1 is 1.10 bits per heavy atom. The predicted octanol–water partition coefficient (Wildman–Crippen LogP) is 4.80. The number of halogens is 3. The number of pyridine rings is 1. The van der Waals surface area contributed by atoms with E-state index in [0.29, 0.717) is 17.1 Å². The van der Waals surface area contributed by atoms with Crippen molar-refractivity contribution in [2.75, 3.05) is 24.7 Å². The summed E-state index contributed by atoms with van der Waals surface area (Å²) in [7, 11) is 4.76. The summed E-state index contributed by atoms with van der Waals surface area (Å²) in [6.07, 6.45) is 1.32. The van der Waals surface area contributed by atoms with E-state index in [4.69, 9.17) is 4.74 Å². The summed E-state index contributed by atoms with van der Waals surface area (Å²) in [5.74, 6) is 0.530. The van der Waals surface area contributed by atoms with Gasteiger partial charge in [0.25, 0.3) is 5.91 Å². The van der Waals surface area contributed by atoms with Gasteiger partial charge in [0.05, 0.1) is 23.5 Å². The fourth-order valence-corrected chi connectivity index (χ4v) is 5.24. The summed E-state index contributed by atoms with van der Waals surface area (Å²) in [4.78, 5) is 27.2. The van der Waals surface area contributed by atoms with E-state index in [1.165, 1.54) is 35.0 Å². The summed E-state index contributed by atoms with van der Waals surface area (Å²) in [6.45, 7) is 3.14. The van der Waals surface area contributed by atoms with E-state index in [1.54, 1.807) is 44.9 Å². The quantitative estimate of drug-likeness (QED) is 0.302. The number of carbonyl (C=O) groups is 1. The molecule has 0 atom stereocenters. The number of aryl methyl sites for hydroxylation is 1. The number of hydrogen-bond donors (Lipinski definition) is 2. The molecule has 4 aromatic heterocycles. The molecule has 0 saturated carbocycles. The van der Waals surface area contributed by atoms with Gasteiger partial charge in [-0.1, -0.05) is 0 Å². The Labute approximate surface area is 236 Å². The van der Waals surface area contributed by atoms with Gasteiger partial charge in [-0.05, 0) is 26.0 Å². The van der Waals surface area contributed by atoms with Crippen LogP contribution in [0.2, 0.25) is 0 Å². The molecule has 0 fully saturated rings. The van der Waals surface area contributed by atoms with Gasteiger partial charge in [0.2, 0.25) is 5.95 Å². The molecule has 0 aliphatic carbocycles. The molecule has 1 amide bonds. The Morgan fingerprint density at radius 2 is 1.86 bits per heavy atom. The lowest BCUT2D eigenvalue weighted by Gasteiger charge is -2.30. The van der Waals surface area contributed by atoms with Crippen molar-refractivity contribution in [3.63, 3.8) is 0 Å². The SMILES string of the molecule is CNc1nccn2ncc(Oc3cnc4nc(Nc5cc6c(c(C(F)(F)F)c5)C(C)(C)N(C)C6=O)n(C)c4c3C#N)c12. The number of nitriles is 1. The highest BCUT2D eigenvalue weighted by atomic mass is 19.4. The summed E-state index contributed by atoms with van der Waals surface area (Å²) in [6, 6.07) is 4.45. The summed E-state index contributed by atoms with van der Waals surface area (Å²) in [5, 5.41) is 20.2. The number of alkyl halides is 3. The molecule has 2 N–H and O–H groups in total. The third-order valence-electron chi connectivity index (χ3n) is 7.52. The standard InChI is InChI=1S/C27H23F3N10O2/c1-26(2)19-14(24(41)39(26)5)8-13(9-16(19)27(28,29)30)36-25-37-23-20(38(25)4)15(10-31)17(11-34-23)42-18-12-35-40-7-6-33-22(32-3)21(18)40/h6-9,11-12H,1-5H3,(H,32,33)(H,34,36,37). The van der Waals surface area contributed by atoms with Crippen LogP contribution in [0.5, 0.6) is 11.5 Å². The van der Waals surface area contributed by atoms with Crippen LogP contribution < -0.4 is 15.4 Å². The average Bonchev–Trinajstić information content (AvgIpc) is 3.56. The van der Waals surface area contributed by atoms with E-state index in [2.05, 4.69) is 36.8 Å². The third-order valence-corrected chi connectivity index (χ3v) is 7.52. The molecular weight excluding hydrogens is 553 g/mol. The number of rotatable bonds is 5. The van der Waals surface area contributed by atoms with Crippen molar-refractivity contribution in [3.05, 3.63) is 59.2 Å². The minimum Gasteiger partial charge on any atom is -0.450 e. The first kappa shape index (κ1) is 26.8. The molecule has 0 saturated heterocycles. The number of aromatic nitrogens is 6. The van der Waals surface area contributed by atoms with Gasteiger partial charge in [-0.25, -0.2) is 14.5 Å². The average molecular weight is 577 g/mol. The number of anilines is 3.